The van der Waals surface area contributed by atoms with Crippen molar-refractivity contribution in [1.82, 2.24) is 14.9 Å². The van der Waals surface area contributed by atoms with Gasteiger partial charge < -0.3 is 10.1 Å². The van der Waals surface area contributed by atoms with Gasteiger partial charge in [0.05, 0.1) is 34.5 Å². The zero-order valence-corrected chi connectivity index (χ0v) is 15.9. The highest BCUT2D eigenvalue weighted by Crippen LogP contribution is 2.33. The molecule has 3 rings (SSSR count). The maximum absolute atomic E-state index is 12.0. The van der Waals surface area contributed by atoms with Crippen LogP contribution in [0.1, 0.15) is 0 Å². The van der Waals surface area contributed by atoms with Crippen molar-refractivity contribution < 1.29 is 14.5 Å². The monoisotopic (exact) mass is 398 g/mol. The number of benzene rings is 2. The first-order valence-corrected chi connectivity index (χ1v) is 9.34. The minimum Gasteiger partial charge on any atom is -0.495 e. The molecule has 8 nitrogen and oxygen atoms in total. The number of methoxy groups -OCH3 is 1. The van der Waals surface area contributed by atoms with E-state index in [0.29, 0.717) is 28.5 Å². The van der Waals surface area contributed by atoms with Crippen LogP contribution in [0.4, 0.5) is 5.69 Å². The molecule has 144 valence electrons. The van der Waals surface area contributed by atoms with Crippen LogP contribution in [0.2, 0.25) is 0 Å². The van der Waals surface area contributed by atoms with Crippen molar-refractivity contribution in [1.29, 1.82) is 0 Å². The minimum absolute atomic E-state index is 0.0440. The molecule has 9 heteroatoms. The normalized spacial score (nSPS) is 10.6. The Balaban J connectivity index is 2.08. The van der Waals surface area contributed by atoms with Gasteiger partial charge in [-0.25, -0.2) is 4.98 Å². The Kier molecular flexibility index (Phi) is 5.95. The van der Waals surface area contributed by atoms with Crippen molar-refractivity contribution >= 4 is 34.4 Å². The van der Waals surface area contributed by atoms with Gasteiger partial charge in [0.25, 0.3) is 5.69 Å². The molecule has 0 unspecified atom stereocenters. The summed E-state index contributed by atoms with van der Waals surface area (Å²) in [5.41, 5.74) is 1.84. The predicted molar refractivity (Wildman–Crippen MR) is 108 cm³/mol. The van der Waals surface area contributed by atoms with Crippen LogP contribution < -0.4 is 10.1 Å². The quantitative estimate of drug-likeness (QED) is 0.270. The molecule has 0 spiro atoms. The van der Waals surface area contributed by atoms with Crippen LogP contribution in [-0.2, 0) is 4.79 Å². The second kappa shape index (κ2) is 8.57. The van der Waals surface area contributed by atoms with E-state index < -0.39 is 4.92 Å². The number of amides is 1. The number of hydrogen-bond acceptors (Lipinski definition) is 6. The first-order chi connectivity index (χ1) is 13.5. The minimum atomic E-state index is -0.461. The number of carbonyl (C=O) groups excluding carboxylic acids is 1. The summed E-state index contributed by atoms with van der Waals surface area (Å²) >= 11 is 1.24. The fourth-order valence-corrected chi connectivity index (χ4v) is 3.52. The molecule has 28 heavy (non-hydrogen) atoms. The lowest BCUT2D eigenvalue weighted by atomic mass is 10.2. The van der Waals surface area contributed by atoms with Gasteiger partial charge in [0.2, 0.25) is 5.91 Å². The zero-order chi connectivity index (χ0) is 20.1. The van der Waals surface area contributed by atoms with Gasteiger partial charge in [0.15, 0.2) is 5.16 Å². The molecule has 1 heterocycles. The first-order valence-electron chi connectivity index (χ1n) is 8.36. The number of imidazole rings is 1. The number of thioether (sulfide) groups is 1. The molecule has 0 aliphatic heterocycles. The summed E-state index contributed by atoms with van der Waals surface area (Å²) in [7, 11) is 1.57. The molecule has 1 N–H and O–H groups in total. The molecule has 1 amide bonds. The van der Waals surface area contributed by atoms with E-state index in [0.717, 1.165) is 5.69 Å². The van der Waals surface area contributed by atoms with E-state index in [4.69, 9.17) is 4.74 Å². The maximum Gasteiger partial charge on any atom is 0.271 e. The third kappa shape index (κ3) is 3.99. The number of carbonyl (C=O) groups is 1. The van der Waals surface area contributed by atoms with Gasteiger partial charge in [-0.2, -0.15) is 0 Å². The van der Waals surface area contributed by atoms with Crippen LogP contribution in [-0.4, -0.2) is 39.8 Å². The van der Waals surface area contributed by atoms with Gasteiger partial charge in [-0.1, -0.05) is 30.0 Å². The highest BCUT2D eigenvalue weighted by Gasteiger charge is 2.19. The number of ether oxygens (including phenoxy) is 1. The standard InChI is InChI=1S/C19H18N4O4S/c1-3-10-20-18(24)12-28-19-21-14-11-13(23(25)26)8-9-15(14)22(19)16-6-4-5-7-17(16)27-2/h3-9,11H,1,10,12H2,2H3,(H,20,24). The fraction of sp³-hybridized carbons (Fsp3) is 0.158. The number of fused-ring (bicyclic) bond motifs is 1. The summed E-state index contributed by atoms with van der Waals surface area (Å²) in [5.74, 6) is 0.613. The molecule has 3 aromatic rings. The van der Waals surface area contributed by atoms with Crippen molar-refractivity contribution in [2.75, 3.05) is 19.4 Å². The number of rotatable bonds is 8. The number of nitro groups is 1. The largest absolute Gasteiger partial charge is 0.495 e. The summed E-state index contributed by atoms with van der Waals surface area (Å²) in [6, 6.07) is 11.9. The Morgan fingerprint density at radius 3 is 2.89 bits per heavy atom. The summed E-state index contributed by atoms with van der Waals surface area (Å²) in [6.45, 7) is 3.95. The van der Waals surface area contributed by atoms with Crippen molar-refractivity contribution in [2.24, 2.45) is 0 Å². The highest BCUT2D eigenvalue weighted by atomic mass is 32.2. The van der Waals surface area contributed by atoms with Crippen LogP contribution in [0.5, 0.6) is 5.75 Å². The van der Waals surface area contributed by atoms with Crippen LogP contribution in [0.25, 0.3) is 16.7 Å². The second-order valence-corrected chi connectivity index (χ2v) is 6.66. The number of nitrogens with one attached hydrogen (secondary N) is 1. The number of aromatic nitrogens is 2. The lowest BCUT2D eigenvalue weighted by molar-refractivity contribution is -0.384. The molecule has 0 atom stereocenters. The SMILES string of the molecule is C=CCNC(=O)CSc1nc2cc([N+](=O)[O-])ccc2n1-c1ccccc1OC. The number of non-ortho nitro benzene ring substituents is 1. The average Bonchev–Trinajstić information content (AvgIpc) is 3.07. The van der Waals surface area contributed by atoms with E-state index in [1.54, 1.807) is 19.3 Å². The Labute approximate surface area is 165 Å². The Morgan fingerprint density at radius 1 is 1.39 bits per heavy atom. The van der Waals surface area contributed by atoms with E-state index in [9.17, 15) is 14.9 Å². The third-order valence-electron chi connectivity index (χ3n) is 3.92. The first kappa shape index (κ1) is 19.4. The smallest absolute Gasteiger partial charge is 0.271 e. The molecule has 0 saturated heterocycles. The summed E-state index contributed by atoms with van der Waals surface area (Å²) in [5, 5.41) is 14.4. The molecule has 0 saturated carbocycles. The number of hydrogen-bond donors (Lipinski definition) is 1. The van der Waals surface area contributed by atoms with Crippen LogP contribution >= 0.6 is 11.8 Å². The number of para-hydroxylation sites is 2. The van der Waals surface area contributed by atoms with Gasteiger partial charge in [0.1, 0.15) is 5.75 Å². The Hall–Kier alpha value is -3.33. The third-order valence-corrected chi connectivity index (χ3v) is 4.86. The van der Waals surface area contributed by atoms with Crippen LogP contribution in [0, 0.1) is 10.1 Å². The summed E-state index contributed by atoms with van der Waals surface area (Å²) < 4.78 is 7.29. The van der Waals surface area contributed by atoms with Gasteiger partial charge in [-0.3, -0.25) is 19.5 Å². The zero-order valence-electron chi connectivity index (χ0n) is 15.1. The average molecular weight is 398 g/mol. The molecular formula is C19H18N4O4S. The fourth-order valence-electron chi connectivity index (χ4n) is 2.67. The van der Waals surface area contributed by atoms with E-state index in [1.165, 1.54) is 23.9 Å². The molecule has 0 fully saturated rings. The van der Waals surface area contributed by atoms with Crippen LogP contribution in [0.3, 0.4) is 0 Å². The van der Waals surface area contributed by atoms with Crippen LogP contribution in [0.15, 0.2) is 60.3 Å². The van der Waals surface area contributed by atoms with Gasteiger partial charge in [-0.15, -0.1) is 6.58 Å². The number of nitrogens with zero attached hydrogens (tertiary/aromatic N) is 3. The molecule has 1 aromatic heterocycles. The van der Waals surface area contributed by atoms with Crippen molar-refractivity contribution in [3.05, 3.63) is 65.2 Å². The van der Waals surface area contributed by atoms with Crippen molar-refractivity contribution in [2.45, 2.75) is 5.16 Å². The molecule has 2 aromatic carbocycles. The molecule has 0 radical (unpaired) electrons. The number of nitro benzene ring substituents is 1. The van der Waals surface area contributed by atoms with E-state index in [1.807, 2.05) is 28.8 Å². The Bertz CT molecular complexity index is 1050. The van der Waals surface area contributed by atoms with Crippen molar-refractivity contribution in [3.8, 4) is 11.4 Å². The van der Waals surface area contributed by atoms with E-state index in [-0.39, 0.29) is 17.3 Å². The molecule has 0 bridgehead atoms. The van der Waals surface area contributed by atoms with Gasteiger partial charge in [-0.05, 0) is 18.2 Å². The summed E-state index contributed by atoms with van der Waals surface area (Å²) in [4.78, 5) is 27.1. The van der Waals surface area contributed by atoms with E-state index in [2.05, 4.69) is 16.9 Å². The predicted octanol–water partition coefficient (Wildman–Crippen LogP) is 3.34. The van der Waals surface area contributed by atoms with E-state index >= 15 is 0 Å². The Morgan fingerprint density at radius 2 is 2.18 bits per heavy atom. The maximum atomic E-state index is 12.0. The second-order valence-electron chi connectivity index (χ2n) is 5.71. The molecule has 0 aliphatic rings. The molecule has 0 aliphatic carbocycles. The topological polar surface area (TPSA) is 99.3 Å². The highest BCUT2D eigenvalue weighted by molar-refractivity contribution is 7.99. The van der Waals surface area contributed by atoms with Gasteiger partial charge >= 0.3 is 0 Å². The van der Waals surface area contributed by atoms with Gasteiger partial charge in [0, 0.05) is 18.7 Å². The molecular weight excluding hydrogens is 380 g/mol. The van der Waals surface area contributed by atoms with Crippen molar-refractivity contribution in [3.63, 3.8) is 0 Å². The lowest BCUT2D eigenvalue weighted by Crippen LogP contribution is -2.25. The lowest BCUT2D eigenvalue weighted by Gasteiger charge is -2.12. The summed E-state index contributed by atoms with van der Waals surface area (Å²) in [6.07, 6.45) is 1.60.